The van der Waals surface area contributed by atoms with Crippen LogP contribution in [-0.4, -0.2) is 0 Å². The van der Waals surface area contributed by atoms with Crippen molar-refractivity contribution in [1.29, 1.82) is 0 Å². The minimum Gasteiger partial charge on any atom is -0.311 e. The van der Waals surface area contributed by atoms with E-state index in [1.54, 1.807) is 0 Å². The average molecular weight is 730 g/mol. The summed E-state index contributed by atoms with van der Waals surface area (Å²) in [5.74, 6) is 0. The molecule has 1 nitrogen and oxygen atoms in total. The maximum atomic E-state index is 9.54. The van der Waals surface area contributed by atoms with Crippen LogP contribution in [0.4, 0.5) is 17.1 Å². The Kier molecular flexibility index (Phi) is 7.84. The number of hydrogen-bond acceptors (Lipinski definition) is 1. The molecule has 0 heterocycles. The van der Waals surface area contributed by atoms with E-state index in [1.807, 2.05) is 108 Å². The third kappa shape index (κ3) is 6.66. The molecule has 0 unspecified atom stereocenters. The van der Waals surface area contributed by atoms with Gasteiger partial charge in [-0.25, -0.2) is 0 Å². The third-order valence-electron chi connectivity index (χ3n) is 10.8. The van der Waals surface area contributed by atoms with Gasteiger partial charge in [-0.3, -0.25) is 0 Å². The summed E-state index contributed by atoms with van der Waals surface area (Å²) in [6, 6.07) is 71.5. The molecule has 0 N–H and O–H groups in total. The minimum absolute atomic E-state index is 0.0971. The van der Waals surface area contributed by atoms with Crippen LogP contribution >= 0.6 is 0 Å². The highest BCUT2D eigenvalue weighted by molar-refractivity contribution is 6.04. The highest BCUT2D eigenvalue weighted by Crippen LogP contribution is 2.41. The Hall–Kier alpha value is -7.48. The number of fused-ring (bicyclic) bond motifs is 2. The zero-order chi connectivity index (χ0) is 41.5. The van der Waals surface area contributed by atoms with Gasteiger partial charge in [0.1, 0.15) is 0 Å². The van der Waals surface area contributed by atoms with E-state index in [-0.39, 0.29) is 35.4 Å². The van der Waals surface area contributed by atoms with E-state index in [0.717, 1.165) is 61.0 Å². The Balaban J connectivity index is 1.09. The maximum Gasteiger partial charge on any atom is 0.0645 e. The topological polar surface area (TPSA) is 3.24 Å². The largest absolute Gasteiger partial charge is 0.311 e. The molecule has 10 aromatic carbocycles. The summed E-state index contributed by atoms with van der Waals surface area (Å²) in [6.45, 7) is 0. The van der Waals surface area contributed by atoms with Crippen molar-refractivity contribution in [3.8, 4) is 55.6 Å². The molecule has 0 atom stereocenters. The fourth-order valence-electron chi connectivity index (χ4n) is 7.91. The minimum atomic E-state index is -0.119. The summed E-state index contributed by atoms with van der Waals surface area (Å²) >= 11 is 0. The summed E-state index contributed by atoms with van der Waals surface area (Å²) in [5.41, 5.74) is 11.1. The lowest BCUT2D eigenvalue weighted by Gasteiger charge is -2.26. The van der Waals surface area contributed by atoms with Crippen molar-refractivity contribution in [3.05, 3.63) is 236 Å². The number of benzene rings is 10. The zero-order valence-electron chi connectivity index (χ0n) is 35.2. The van der Waals surface area contributed by atoms with Crippen molar-refractivity contribution in [1.82, 2.24) is 0 Å². The summed E-state index contributed by atoms with van der Waals surface area (Å²) < 4.78 is 37.9. The second-order valence-electron chi connectivity index (χ2n) is 14.2. The van der Waals surface area contributed by atoms with Crippen molar-refractivity contribution >= 4 is 38.6 Å². The summed E-state index contributed by atoms with van der Waals surface area (Å²) in [5, 5.41) is 4.63. The molecule has 1 heteroatoms. The Morgan fingerprint density at radius 1 is 0.263 bits per heavy atom. The van der Waals surface area contributed by atoms with E-state index < -0.39 is 0 Å². The van der Waals surface area contributed by atoms with E-state index in [4.69, 9.17) is 0 Å². The van der Waals surface area contributed by atoms with Crippen LogP contribution in [0.1, 0.15) is 5.48 Å². The monoisotopic (exact) mass is 729 g/mol. The molecule has 268 valence electrons. The van der Waals surface area contributed by atoms with Gasteiger partial charge in [0.2, 0.25) is 0 Å². The van der Waals surface area contributed by atoms with Crippen molar-refractivity contribution < 1.29 is 5.48 Å². The van der Waals surface area contributed by atoms with Gasteiger partial charge in [-0.05, 0) is 114 Å². The second kappa shape index (κ2) is 15.0. The van der Waals surface area contributed by atoms with Gasteiger partial charge >= 0.3 is 0 Å². The van der Waals surface area contributed by atoms with E-state index >= 15 is 0 Å². The fourth-order valence-corrected chi connectivity index (χ4v) is 7.91. The molecular weight excluding hydrogens is 687 g/mol. The maximum absolute atomic E-state index is 9.54. The molecular formula is C56H39N. The van der Waals surface area contributed by atoms with Crippen LogP contribution in [-0.2, 0) is 0 Å². The molecule has 0 aliphatic heterocycles. The number of rotatable bonds is 8. The summed E-state index contributed by atoms with van der Waals surface area (Å²) in [7, 11) is 0. The second-order valence-corrected chi connectivity index (χ2v) is 14.2. The summed E-state index contributed by atoms with van der Waals surface area (Å²) in [6.07, 6.45) is 0. The summed E-state index contributed by atoms with van der Waals surface area (Å²) in [4.78, 5) is 1.85. The average Bonchev–Trinajstić information content (AvgIpc) is 3.33. The van der Waals surface area contributed by atoms with Crippen LogP contribution < -0.4 is 4.90 Å². The molecule has 57 heavy (non-hydrogen) atoms. The normalized spacial score (nSPS) is 12.1. The smallest absolute Gasteiger partial charge is 0.0645 e. The van der Waals surface area contributed by atoms with E-state index in [0.29, 0.717) is 11.3 Å². The molecule has 0 radical (unpaired) electrons. The molecule has 10 aromatic rings. The molecule has 0 bridgehead atoms. The first kappa shape index (κ1) is 29.8. The van der Waals surface area contributed by atoms with Crippen LogP contribution in [0.15, 0.2) is 236 Å². The first-order valence-electron chi connectivity index (χ1n) is 21.3. The van der Waals surface area contributed by atoms with Crippen LogP contribution in [0, 0.1) is 0 Å². The van der Waals surface area contributed by atoms with Crippen LogP contribution in [0.2, 0.25) is 0 Å². The van der Waals surface area contributed by atoms with Crippen molar-refractivity contribution in [2.24, 2.45) is 0 Å². The lowest BCUT2D eigenvalue weighted by Crippen LogP contribution is -2.09. The van der Waals surface area contributed by atoms with Gasteiger partial charge < -0.3 is 4.90 Å². The Morgan fingerprint density at radius 2 is 0.719 bits per heavy atom. The van der Waals surface area contributed by atoms with E-state index in [2.05, 4.69) is 109 Å². The first-order valence-corrected chi connectivity index (χ1v) is 19.3. The van der Waals surface area contributed by atoms with Gasteiger partial charge in [0.05, 0.1) is 5.48 Å². The first-order chi connectivity index (χ1) is 29.9. The van der Waals surface area contributed by atoms with E-state index in [9.17, 15) is 5.48 Å². The van der Waals surface area contributed by atoms with E-state index in [1.165, 1.54) is 10.8 Å². The Morgan fingerprint density at radius 3 is 1.39 bits per heavy atom. The van der Waals surface area contributed by atoms with Gasteiger partial charge in [-0.1, -0.05) is 200 Å². The van der Waals surface area contributed by atoms with Crippen LogP contribution in [0.25, 0.3) is 77.2 Å². The molecule has 0 aromatic heterocycles. The molecule has 0 saturated heterocycles. The molecule has 0 aliphatic rings. The van der Waals surface area contributed by atoms with Gasteiger partial charge in [0.15, 0.2) is 0 Å². The molecule has 0 spiro atoms. The molecule has 0 amide bonds. The number of anilines is 3. The predicted molar refractivity (Wildman–Crippen MR) is 243 cm³/mol. The lowest BCUT2D eigenvalue weighted by molar-refractivity contribution is 1.28. The number of hydrogen-bond donors (Lipinski definition) is 0. The molecule has 0 saturated carbocycles. The predicted octanol–water partition coefficient (Wildman–Crippen LogP) is 15.8. The Labute approximate surface area is 340 Å². The third-order valence-corrected chi connectivity index (χ3v) is 10.8. The van der Waals surface area contributed by atoms with Crippen molar-refractivity contribution in [3.63, 3.8) is 0 Å². The fraction of sp³-hybridized carbons (Fsp3) is 0. The van der Waals surface area contributed by atoms with Crippen molar-refractivity contribution in [2.45, 2.75) is 0 Å². The standard InChI is InChI=1S/C56H39N/c1-3-12-40(13-4-1)42-26-33-49(34-27-42)57(50-35-28-43(29-36-50)41-22-24-46(25-23-41)53-21-11-18-44-14-7-9-19-52(44)53)51-37-30-47(31-38-51)55-39-32-45-15-8-10-20-54(45)56(55)48-16-5-2-6-17-48/h1-39H/i28D,29D,35D,36D. The SMILES string of the molecule is [2H]c1c([2H])c(N(c2ccc(-c3ccccc3)cc2)c2ccc(-c3ccc4ccccc4c3-c3ccccc3)cc2)c([2H])c([2H])c1-c1ccc(-c2cccc3ccccc23)cc1. The van der Waals surface area contributed by atoms with Gasteiger partial charge in [0, 0.05) is 17.1 Å². The Bertz CT molecular complexity index is 3170. The number of nitrogens with zero attached hydrogens (tertiary/aromatic N) is 1. The highest BCUT2D eigenvalue weighted by atomic mass is 15.1. The quantitative estimate of drug-likeness (QED) is 0.151. The van der Waals surface area contributed by atoms with Crippen LogP contribution in [0.5, 0.6) is 0 Å². The van der Waals surface area contributed by atoms with Crippen LogP contribution in [0.3, 0.4) is 0 Å². The van der Waals surface area contributed by atoms with Gasteiger partial charge in [0.25, 0.3) is 0 Å². The van der Waals surface area contributed by atoms with Gasteiger partial charge in [-0.15, -0.1) is 0 Å². The van der Waals surface area contributed by atoms with Gasteiger partial charge in [-0.2, -0.15) is 0 Å². The lowest BCUT2D eigenvalue weighted by atomic mass is 9.90. The highest BCUT2D eigenvalue weighted by Gasteiger charge is 2.16. The molecule has 10 rings (SSSR count). The molecule has 0 aliphatic carbocycles. The van der Waals surface area contributed by atoms with Crippen molar-refractivity contribution in [2.75, 3.05) is 4.90 Å². The zero-order valence-corrected chi connectivity index (χ0v) is 31.2. The molecule has 0 fully saturated rings.